The Morgan fingerprint density at radius 1 is 1.26 bits per heavy atom. The first-order chi connectivity index (χ1) is 17.8. The molecule has 2 aliphatic heterocycles. The van der Waals surface area contributed by atoms with Crippen LogP contribution in [0.2, 0.25) is 0 Å². The zero-order valence-corrected chi connectivity index (χ0v) is 25.5. The molecule has 0 radical (unpaired) electrons. The van der Waals surface area contributed by atoms with E-state index in [0.29, 0.717) is 6.42 Å². The van der Waals surface area contributed by atoms with E-state index in [0.717, 1.165) is 47.0 Å². The number of aromatic nitrogens is 1. The fraction of sp³-hybridized carbons (Fsp3) is 0.759. The van der Waals surface area contributed by atoms with Crippen molar-refractivity contribution in [1.29, 1.82) is 0 Å². The van der Waals surface area contributed by atoms with E-state index < -0.39 is 35.6 Å². The summed E-state index contributed by atoms with van der Waals surface area (Å²) in [6.45, 7) is 13.1. The van der Waals surface area contributed by atoms with Crippen LogP contribution in [0.4, 0.5) is 0 Å². The lowest BCUT2D eigenvalue weighted by molar-refractivity contribution is -0.154. The highest BCUT2D eigenvalue weighted by Gasteiger charge is 2.53. The molecule has 3 rings (SSSR count). The number of aliphatic hydroxyl groups excluding tert-OH is 2. The number of carbonyl (C=O) groups excluding carboxylic acids is 2. The highest BCUT2D eigenvalue weighted by Crippen LogP contribution is 2.45. The third-order valence-electron chi connectivity index (χ3n) is 8.29. The van der Waals surface area contributed by atoms with Gasteiger partial charge in [-0.2, -0.15) is 11.8 Å². The first-order valence-electron chi connectivity index (χ1n) is 13.8. The summed E-state index contributed by atoms with van der Waals surface area (Å²) in [7, 11) is 0. The highest BCUT2D eigenvalue weighted by molar-refractivity contribution is 7.98. The van der Waals surface area contributed by atoms with Crippen LogP contribution >= 0.6 is 23.1 Å². The fourth-order valence-electron chi connectivity index (χ4n) is 5.27. The first-order valence-corrected chi connectivity index (χ1v) is 15.8. The third-order valence-corrected chi connectivity index (χ3v) is 10.2. The molecule has 0 saturated carbocycles. The van der Waals surface area contributed by atoms with Gasteiger partial charge in [-0.15, -0.1) is 11.3 Å². The summed E-state index contributed by atoms with van der Waals surface area (Å²) in [5, 5.41) is 24.9. The van der Waals surface area contributed by atoms with Gasteiger partial charge >= 0.3 is 5.97 Å². The number of cyclic esters (lactones) is 1. The van der Waals surface area contributed by atoms with Gasteiger partial charge in [0.25, 0.3) is 0 Å². The molecule has 214 valence electrons. The van der Waals surface area contributed by atoms with Crippen molar-refractivity contribution in [2.24, 2.45) is 17.3 Å². The van der Waals surface area contributed by atoms with Gasteiger partial charge < -0.3 is 19.7 Å². The van der Waals surface area contributed by atoms with E-state index in [1.807, 2.05) is 37.1 Å². The maximum absolute atomic E-state index is 13.3. The van der Waals surface area contributed by atoms with Gasteiger partial charge in [0.2, 0.25) is 0 Å². The number of thiazole rings is 1. The maximum Gasteiger partial charge on any atom is 0.309 e. The Bertz CT molecular complexity index is 1010. The Balaban J connectivity index is 1.83. The Morgan fingerprint density at radius 2 is 1.97 bits per heavy atom. The van der Waals surface area contributed by atoms with Crippen LogP contribution in [0, 0.1) is 17.3 Å². The molecule has 2 unspecified atom stereocenters. The van der Waals surface area contributed by atoms with E-state index in [1.165, 1.54) is 0 Å². The van der Waals surface area contributed by atoms with Crippen molar-refractivity contribution >= 4 is 40.9 Å². The molecule has 1 aromatic heterocycles. The predicted molar refractivity (Wildman–Crippen MR) is 153 cm³/mol. The number of esters is 1. The predicted octanol–water partition coefficient (Wildman–Crippen LogP) is 5.42. The number of ether oxygens (including phenoxy) is 2. The van der Waals surface area contributed by atoms with Crippen LogP contribution in [-0.2, 0) is 24.8 Å². The fourth-order valence-corrected chi connectivity index (χ4v) is 6.77. The van der Waals surface area contributed by atoms with E-state index in [2.05, 4.69) is 13.8 Å². The number of nitrogens with zero attached hydrogens (tertiary/aromatic N) is 1. The minimum Gasteiger partial charge on any atom is -0.458 e. The van der Waals surface area contributed by atoms with Crippen LogP contribution in [0.3, 0.4) is 0 Å². The number of rotatable bonds is 5. The monoisotopic (exact) mass is 567 g/mol. The molecular formula is C29H45NO6S2. The third kappa shape index (κ3) is 7.68. The van der Waals surface area contributed by atoms with Crippen molar-refractivity contribution in [1.82, 2.24) is 4.98 Å². The van der Waals surface area contributed by atoms with Crippen LogP contribution in [0.25, 0.3) is 6.08 Å². The summed E-state index contributed by atoms with van der Waals surface area (Å²) in [6.07, 6.45) is 2.00. The SMILES string of the molecule is CCSCc1nc(C=C(C)[C@@H]2C[C@@H]3O[C@]3(C)CCC[C@H](C)C(O)C(C)C(=O)C(C)(C)[C@@H](O)CC(=O)O2)cs1. The van der Waals surface area contributed by atoms with Crippen molar-refractivity contribution in [3.8, 4) is 0 Å². The van der Waals surface area contributed by atoms with Crippen molar-refractivity contribution in [3.05, 3.63) is 21.7 Å². The lowest BCUT2D eigenvalue weighted by Crippen LogP contribution is -2.45. The van der Waals surface area contributed by atoms with Crippen LogP contribution in [0.5, 0.6) is 0 Å². The molecule has 0 amide bonds. The van der Waals surface area contributed by atoms with E-state index in [1.54, 1.807) is 32.1 Å². The Labute approximate surface area is 235 Å². The molecule has 2 saturated heterocycles. The Hall–Kier alpha value is -1.26. The molecule has 2 N–H and O–H groups in total. The summed E-state index contributed by atoms with van der Waals surface area (Å²) in [5.74, 6) is 0.365. The van der Waals surface area contributed by atoms with Crippen molar-refractivity contribution in [2.45, 2.75) is 116 Å². The number of fused-ring (bicyclic) bond motifs is 1. The number of carbonyl (C=O) groups is 2. The van der Waals surface area contributed by atoms with Crippen LogP contribution in [-0.4, -0.2) is 62.7 Å². The van der Waals surface area contributed by atoms with Gasteiger partial charge in [0.1, 0.15) is 16.9 Å². The molecule has 0 aromatic carbocycles. The minimum atomic E-state index is -1.23. The summed E-state index contributed by atoms with van der Waals surface area (Å²) in [4.78, 5) is 31.0. The number of hydrogen-bond acceptors (Lipinski definition) is 9. The van der Waals surface area contributed by atoms with Gasteiger partial charge in [-0.3, -0.25) is 9.59 Å². The highest BCUT2D eigenvalue weighted by atomic mass is 32.2. The Morgan fingerprint density at radius 3 is 2.66 bits per heavy atom. The molecule has 0 aliphatic carbocycles. The summed E-state index contributed by atoms with van der Waals surface area (Å²) >= 11 is 3.45. The number of aliphatic hydroxyl groups is 2. The number of ketones is 1. The quantitative estimate of drug-likeness (QED) is 0.359. The summed E-state index contributed by atoms with van der Waals surface area (Å²) in [5.41, 5.74) is 0.200. The molecule has 0 spiro atoms. The van der Waals surface area contributed by atoms with E-state index in [-0.39, 0.29) is 29.8 Å². The number of hydrogen-bond donors (Lipinski definition) is 2. The van der Waals surface area contributed by atoms with Crippen molar-refractivity contribution < 1.29 is 29.3 Å². The number of Topliss-reactive ketones (excluding diaryl/α,β-unsaturated/α-hetero) is 1. The normalized spacial score (nSPS) is 35.4. The molecule has 3 heterocycles. The van der Waals surface area contributed by atoms with Crippen LogP contribution < -0.4 is 0 Å². The second-order valence-electron chi connectivity index (χ2n) is 11.8. The Kier molecular flexibility index (Phi) is 10.6. The van der Waals surface area contributed by atoms with Crippen molar-refractivity contribution in [2.75, 3.05) is 5.75 Å². The van der Waals surface area contributed by atoms with Gasteiger partial charge in [-0.25, -0.2) is 4.98 Å². The molecule has 7 atom stereocenters. The lowest BCUT2D eigenvalue weighted by atomic mass is 9.73. The zero-order valence-electron chi connectivity index (χ0n) is 23.9. The van der Waals surface area contributed by atoms with Gasteiger partial charge in [0.05, 0.1) is 41.4 Å². The van der Waals surface area contributed by atoms with Gasteiger partial charge in [0, 0.05) is 23.5 Å². The zero-order chi connectivity index (χ0) is 28.3. The number of epoxide rings is 1. The minimum absolute atomic E-state index is 0.0504. The van der Waals surface area contributed by atoms with Gasteiger partial charge in [-0.05, 0) is 50.0 Å². The standard InChI is InChI=1S/C29H45NO6S2/c1-8-37-16-24-30-20(15-38-24)12-18(3)21-13-23-29(7,36-23)11-9-10-17(2)26(33)19(4)27(34)28(5,6)22(31)14-25(32)35-21/h12,15,17,19,21-23,26,31,33H,8-11,13-14,16H2,1-7H3/t17-,19?,21-,22-,23-,26?,29+/m0/s1. The summed E-state index contributed by atoms with van der Waals surface area (Å²) in [6, 6.07) is 0. The molecular weight excluding hydrogens is 522 g/mol. The smallest absolute Gasteiger partial charge is 0.309 e. The second kappa shape index (κ2) is 12.9. The van der Waals surface area contributed by atoms with Crippen molar-refractivity contribution in [3.63, 3.8) is 0 Å². The lowest BCUT2D eigenvalue weighted by Gasteiger charge is -2.34. The second-order valence-corrected chi connectivity index (χ2v) is 14.0. The largest absolute Gasteiger partial charge is 0.458 e. The van der Waals surface area contributed by atoms with Crippen LogP contribution in [0.1, 0.15) is 91.3 Å². The van der Waals surface area contributed by atoms with Gasteiger partial charge in [0.15, 0.2) is 0 Å². The molecule has 0 bridgehead atoms. The molecule has 38 heavy (non-hydrogen) atoms. The van der Waals surface area contributed by atoms with Gasteiger partial charge in [-0.1, -0.05) is 41.0 Å². The first kappa shape index (κ1) is 31.3. The molecule has 2 fully saturated rings. The molecule has 2 aliphatic rings. The van der Waals surface area contributed by atoms with Crippen LogP contribution in [0.15, 0.2) is 11.0 Å². The molecule has 1 aromatic rings. The summed E-state index contributed by atoms with van der Waals surface area (Å²) < 4.78 is 12.0. The maximum atomic E-state index is 13.3. The topological polar surface area (TPSA) is 109 Å². The molecule has 7 nitrogen and oxygen atoms in total. The number of thioether (sulfide) groups is 1. The molecule has 9 heteroatoms. The van der Waals surface area contributed by atoms with E-state index in [4.69, 9.17) is 14.5 Å². The average molecular weight is 568 g/mol. The van der Waals surface area contributed by atoms with E-state index >= 15 is 0 Å². The average Bonchev–Trinajstić information content (AvgIpc) is 3.27. The van der Waals surface area contributed by atoms with E-state index in [9.17, 15) is 19.8 Å².